The molecular formula is C12H22N2. The lowest BCUT2D eigenvalue weighted by molar-refractivity contribution is 0.124. The predicted octanol–water partition coefficient (Wildman–Crippen LogP) is 1.33. The van der Waals surface area contributed by atoms with Gasteiger partial charge >= 0.3 is 0 Å². The van der Waals surface area contributed by atoms with Crippen molar-refractivity contribution < 1.29 is 0 Å². The average molecular weight is 194 g/mol. The van der Waals surface area contributed by atoms with Crippen molar-refractivity contribution in [3.8, 4) is 11.8 Å². The highest BCUT2D eigenvalue weighted by Gasteiger charge is 2.27. The Hall–Kier alpha value is -0.520. The summed E-state index contributed by atoms with van der Waals surface area (Å²) >= 11 is 0. The van der Waals surface area contributed by atoms with Gasteiger partial charge in [0.05, 0.1) is 6.54 Å². The minimum atomic E-state index is 0.641. The molecule has 0 saturated carbocycles. The predicted molar refractivity (Wildman–Crippen MR) is 61.1 cm³/mol. The Morgan fingerprint density at radius 2 is 2.14 bits per heavy atom. The molecule has 1 aliphatic rings. The molecule has 2 nitrogen and oxygen atoms in total. The van der Waals surface area contributed by atoms with Crippen LogP contribution in [0.1, 0.15) is 27.2 Å². The zero-order chi connectivity index (χ0) is 10.6. The van der Waals surface area contributed by atoms with E-state index in [0.29, 0.717) is 12.1 Å². The molecule has 0 aromatic carbocycles. The molecule has 0 aromatic heterocycles. The first kappa shape index (κ1) is 11.6. The quantitative estimate of drug-likeness (QED) is 0.667. The van der Waals surface area contributed by atoms with Crippen LogP contribution in [0.4, 0.5) is 0 Å². The topological polar surface area (TPSA) is 15.3 Å². The highest BCUT2D eigenvalue weighted by Crippen LogP contribution is 2.20. The summed E-state index contributed by atoms with van der Waals surface area (Å²) in [7, 11) is 2.21. The van der Waals surface area contributed by atoms with E-state index in [-0.39, 0.29) is 0 Å². The average Bonchev–Trinajstić information content (AvgIpc) is 2.14. The van der Waals surface area contributed by atoms with E-state index in [4.69, 9.17) is 0 Å². The Morgan fingerprint density at radius 1 is 1.43 bits per heavy atom. The molecule has 1 rings (SSSR count). The van der Waals surface area contributed by atoms with E-state index >= 15 is 0 Å². The van der Waals surface area contributed by atoms with Crippen LogP contribution in [-0.4, -0.2) is 37.1 Å². The molecule has 0 bridgehead atoms. The molecule has 0 spiro atoms. The zero-order valence-electron chi connectivity index (χ0n) is 9.80. The fourth-order valence-electron chi connectivity index (χ4n) is 2.10. The van der Waals surface area contributed by atoms with E-state index in [2.05, 4.69) is 43.0 Å². The van der Waals surface area contributed by atoms with Crippen molar-refractivity contribution >= 4 is 0 Å². The molecule has 1 fully saturated rings. The molecule has 3 atom stereocenters. The minimum absolute atomic E-state index is 0.641. The van der Waals surface area contributed by atoms with Gasteiger partial charge in [0.15, 0.2) is 0 Å². The standard InChI is InChI=1S/C12H22N2/c1-5-6-7-13-12-8-11(3)14(4)9-10(12)2/h10-13H,7-9H2,1-4H3. The first-order valence-corrected chi connectivity index (χ1v) is 5.48. The lowest BCUT2D eigenvalue weighted by Crippen LogP contribution is -2.50. The van der Waals surface area contributed by atoms with Gasteiger partial charge in [0.1, 0.15) is 0 Å². The van der Waals surface area contributed by atoms with Crippen molar-refractivity contribution in [2.24, 2.45) is 5.92 Å². The summed E-state index contributed by atoms with van der Waals surface area (Å²) in [6.45, 7) is 8.54. The monoisotopic (exact) mass is 194 g/mol. The molecule has 1 saturated heterocycles. The Bertz CT molecular complexity index is 226. The van der Waals surface area contributed by atoms with Gasteiger partial charge in [-0.1, -0.05) is 12.8 Å². The molecule has 0 aromatic rings. The van der Waals surface area contributed by atoms with Gasteiger partial charge in [0, 0.05) is 18.6 Å². The van der Waals surface area contributed by atoms with Crippen LogP contribution in [0.3, 0.4) is 0 Å². The third-order valence-corrected chi connectivity index (χ3v) is 3.24. The second-order valence-corrected chi connectivity index (χ2v) is 4.42. The zero-order valence-corrected chi connectivity index (χ0v) is 9.80. The van der Waals surface area contributed by atoms with Crippen molar-refractivity contribution in [1.29, 1.82) is 0 Å². The van der Waals surface area contributed by atoms with Crippen molar-refractivity contribution in [3.05, 3.63) is 0 Å². The summed E-state index contributed by atoms with van der Waals surface area (Å²) in [5.74, 6) is 6.72. The van der Waals surface area contributed by atoms with E-state index < -0.39 is 0 Å². The molecule has 0 radical (unpaired) electrons. The summed E-state index contributed by atoms with van der Waals surface area (Å²) in [4.78, 5) is 2.44. The first-order valence-electron chi connectivity index (χ1n) is 5.48. The van der Waals surface area contributed by atoms with Crippen LogP contribution in [0.5, 0.6) is 0 Å². The van der Waals surface area contributed by atoms with Gasteiger partial charge in [-0.2, -0.15) is 0 Å². The third-order valence-electron chi connectivity index (χ3n) is 3.24. The second-order valence-electron chi connectivity index (χ2n) is 4.42. The summed E-state index contributed by atoms with van der Waals surface area (Å²) in [6, 6.07) is 1.33. The van der Waals surface area contributed by atoms with E-state index in [9.17, 15) is 0 Å². The number of rotatable bonds is 2. The maximum atomic E-state index is 3.52. The van der Waals surface area contributed by atoms with Gasteiger partial charge in [-0.3, -0.25) is 0 Å². The lowest BCUT2D eigenvalue weighted by Gasteiger charge is -2.39. The molecule has 0 amide bonds. The Kier molecular flexibility index (Phi) is 4.44. The molecule has 1 N–H and O–H groups in total. The Labute approximate surface area is 88.1 Å². The molecule has 2 heteroatoms. The highest BCUT2D eigenvalue weighted by molar-refractivity contribution is 4.99. The summed E-state index contributed by atoms with van der Waals surface area (Å²) in [5.41, 5.74) is 0. The smallest absolute Gasteiger partial charge is 0.0578 e. The molecule has 80 valence electrons. The molecule has 1 heterocycles. The Balaban J connectivity index is 2.39. The molecule has 1 aliphatic heterocycles. The number of nitrogens with zero attached hydrogens (tertiary/aromatic N) is 1. The second kappa shape index (κ2) is 5.38. The number of hydrogen-bond donors (Lipinski definition) is 1. The van der Waals surface area contributed by atoms with Gasteiger partial charge in [-0.05, 0) is 33.2 Å². The third kappa shape index (κ3) is 3.01. The summed E-state index contributed by atoms with van der Waals surface area (Å²) < 4.78 is 0. The number of piperidine rings is 1. The molecule has 14 heavy (non-hydrogen) atoms. The van der Waals surface area contributed by atoms with Gasteiger partial charge < -0.3 is 10.2 Å². The lowest BCUT2D eigenvalue weighted by atomic mass is 9.90. The van der Waals surface area contributed by atoms with Gasteiger partial charge in [0.25, 0.3) is 0 Å². The van der Waals surface area contributed by atoms with Crippen molar-refractivity contribution in [2.75, 3.05) is 20.1 Å². The number of hydrogen-bond acceptors (Lipinski definition) is 2. The van der Waals surface area contributed by atoms with Gasteiger partial charge in [-0.25, -0.2) is 0 Å². The van der Waals surface area contributed by atoms with Crippen LogP contribution in [0.15, 0.2) is 0 Å². The van der Waals surface area contributed by atoms with Crippen LogP contribution in [0, 0.1) is 17.8 Å². The van der Waals surface area contributed by atoms with Crippen molar-refractivity contribution in [3.63, 3.8) is 0 Å². The molecule has 0 aliphatic carbocycles. The van der Waals surface area contributed by atoms with E-state index in [0.717, 1.165) is 12.5 Å². The van der Waals surface area contributed by atoms with E-state index in [1.807, 2.05) is 6.92 Å². The molecule has 3 unspecified atom stereocenters. The fraction of sp³-hybridized carbons (Fsp3) is 0.833. The Morgan fingerprint density at radius 3 is 2.79 bits per heavy atom. The highest BCUT2D eigenvalue weighted by atomic mass is 15.2. The van der Waals surface area contributed by atoms with Crippen LogP contribution < -0.4 is 5.32 Å². The normalized spacial score (nSPS) is 33.6. The first-order chi connectivity index (χ1) is 6.65. The van der Waals surface area contributed by atoms with Crippen LogP contribution in [0.25, 0.3) is 0 Å². The SMILES string of the molecule is CC#CCNC1CC(C)N(C)CC1C. The maximum absolute atomic E-state index is 3.52. The van der Waals surface area contributed by atoms with E-state index in [1.165, 1.54) is 13.0 Å². The van der Waals surface area contributed by atoms with Gasteiger partial charge in [-0.15, -0.1) is 5.92 Å². The summed E-state index contributed by atoms with van der Waals surface area (Å²) in [6.07, 6.45) is 1.24. The number of likely N-dealkylation sites (tertiary alicyclic amines) is 1. The number of nitrogens with one attached hydrogen (secondary N) is 1. The van der Waals surface area contributed by atoms with Crippen LogP contribution in [0.2, 0.25) is 0 Å². The molecular weight excluding hydrogens is 172 g/mol. The van der Waals surface area contributed by atoms with E-state index in [1.54, 1.807) is 0 Å². The van der Waals surface area contributed by atoms with Gasteiger partial charge in [0.2, 0.25) is 0 Å². The van der Waals surface area contributed by atoms with Crippen LogP contribution in [-0.2, 0) is 0 Å². The maximum Gasteiger partial charge on any atom is 0.0578 e. The van der Waals surface area contributed by atoms with Crippen molar-refractivity contribution in [1.82, 2.24) is 10.2 Å². The van der Waals surface area contributed by atoms with Crippen LogP contribution >= 0.6 is 0 Å². The summed E-state index contributed by atoms with van der Waals surface area (Å²) in [5, 5.41) is 3.52. The van der Waals surface area contributed by atoms with Crippen molar-refractivity contribution in [2.45, 2.75) is 39.3 Å². The minimum Gasteiger partial charge on any atom is -0.303 e. The fourth-order valence-corrected chi connectivity index (χ4v) is 2.10. The largest absolute Gasteiger partial charge is 0.303 e.